The number of hydrogen-bond acceptors (Lipinski definition) is 3. The maximum atomic E-state index is 11.3. The number of hydrogen-bond donors (Lipinski definition) is 3. The third kappa shape index (κ3) is 4.85. The quantitative estimate of drug-likeness (QED) is 0.412. The molecule has 0 spiro atoms. The molecule has 0 saturated carbocycles. The number of aliphatic hydroxyl groups is 1. The first-order valence-electron chi connectivity index (χ1n) is 4.53. The van der Waals surface area contributed by atoms with Crippen LogP contribution in [0.1, 0.15) is 20.8 Å². The van der Waals surface area contributed by atoms with Gasteiger partial charge in [-0.1, -0.05) is 5.92 Å². The first-order valence-corrected chi connectivity index (χ1v) is 4.53. The average molecular weight is 198 g/mol. The molecule has 0 aliphatic carbocycles. The molecule has 0 aliphatic heterocycles. The molecule has 0 rings (SSSR count). The molecule has 0 heterocycles. The Morgan fingerprint density at radius 2 is 2.21 bits per heavy atom. The second-order valence-corrected chi connectivity index (χ2v) is 3.75. The molecule has 0 fully saturated rings. The highest BCUT2D eigenvalue weighted by Gasteiger charge is 2.25. The van der Waals surface area contributed by atoms with Crippen molar-refractivity contribution in [1.82, 2.24) is 10.6 Å². The van der Waals surface area contributed by atoms with E-state index in [-0.39, 0.29) is 12.5 Å². The van der Waals surface area contributed by atoms with Crippen LogP contribution in [-0.4, -0.2) is 35.7 Å². The fourth-order valence-corrected chi connectivity index (χ4v) is 0.756. The molecule has 0 aromatic carbocycles. The van der Waals surface area contributed by atoms with E-state index in [0.29, 0.717) is 6.54 Å². The number of nitrogens with one attached hydrogen (secondary N) is 2. The Kier molecular flexibility index (Phi) is 5.21. The summed E-state index contributed by atoms with van der Waals surface area (Å²) in [7, 11) is 0. The lowest BCUT2D eigenvalue weighted by atomic mass is 9.99. The van der Waals surface area contributed by atoms with Crippen molar-refractivity contribution < 1.29 is 9.90 Å². The lowest BCUT2D eigenvalue weighted by Gasteiger charge is -2.29. The van der Waals surface area contributed by atoms with Crippen molar-refractivity contribution in [3.8, 4) is 12.3 Å². The summed E-state index contributed by atoms with van der Waals surface area (Å²) in [6, 6.07) is 0. The van der Waals surface area contributed by atoms with Gasteiger partial charge in [0, 0.05) is 0 Å². The first-order chi connectivity index (χ1) is 6.40. The van der Waals surface area contributed by atoms with E-state index in [9.17, 15) is 9.90 Å². The van der Waals surface area contributed by atoms with Gasteiger partial charge >= 0.3 is 0 Å². The van der Waals surface area contributed by atoms with Crippen LogP contribution in [0, 0.1) is 12.3 Å². The number of carbonyl (C=O) groups excluding carboxylic acids is 1. The Hall–Kier alpha value is -1.05. The Balaban J connectivity index is 3.89. The lowest BCUT2D eigenvalue weighted by Crippen LogP contribution is -2.53. The second-order valence-electron chi connectivity index (χ2n) is 3.75. The third-order valence-corrected chi connectivity index (χ3v) is 2.02. The second kappa shape index (κ2) is 5.63. The minimum atomic E-state index is -0.616. The molecule has 0 saturated heterocycles. The molecule has 3 N–H and O–H groups in total. The van der Waals surface area contributed by atoms with Crippen LogP contribution < -0.4 is 10.6 Å². The van der Waals surface area contributed by atoms with E-state index in [4.69, 9.17) is 6.42 Å². The van der Waals surface area contributed by atoms with Crippen molar-refractivity contribution in [3.63, 3.8) is 0 Å². The van der Waals surface area contributed by atoms with E-state index >= 15 is 0 Å². The van der Waals surface area contributed by atoms with Gasteiger partial charge in [-0.3, -0.25) is 10.1 Å². The Labute approximate surface area is 85.1 Å². The van der Waals surface area contributed by atoms with Gasteiger partial charge in [0.05, 0.1) is 24.7 Å². The summed E-state index contributed by atoms with van der Waals surface area (Å²) in [6.07, 6.45) is 4.41. The molecular weight excluding hydrogens is 180 g/mol. The summed E-state index contributed by atoms with van der Waals surface area (Å²) < 4.78 is 0. The Bertz CT molecular complexity index is 229. The average Bonchev–Trinajstić information content (AvgIpc) is 2.03. The predicted octanol–water partition coefficient (Wildman–Crippen LogP) is -0.515. The van der Waals surface area contributed by atoms with E-state index in [0.717, 1.165) is 0 Å². The van der Waals surface area contributed by atoms with Gasteiger partial charge in [-0.2, -0.15) is 0 Å². The van der Waals surface area contributed by atoms with Gasteiger partial charge in [0.15, 0.2) is 0 Å². The maximum Gasteiger partial charge on any atom is 0.234 e. The fraction of sp³-hybridized carbons (Fsp3) is 0.700. The molecule has 4 heteroatoms. The van der Waals surface area contributed by atoms with Crippen molar-refractivity contribution in [2.45, 2.75) is 32.4 Å². The third-order valence-electron chi connectivity index (χ3n) is 2.02. The van der Waals surface area contributed by atoms with E-state index in [1.807, 2.05) is 0 Å². The summed E-state index contributed by atoms with van der Waals surface area (Å²) in [6.45, 7) is 5.69. The van der Waals surface area contributed by atoms with E-state index in [1.54, 1.807) is 20.8 Å². The predicted molar refractivity (Wildman–Crippen MR) is 55.6 cm³/mol. The summed E-state index contributed by atoms with van der Waals surface area (Å²) in [5.74, 6) is 2.19. The van der Waals surface area contributed by atoms with Gasteiger partial charge < -0.3 is 10.4 Å². The summed E-state index contributed by atoms with van der Waals surface area (Å²) >= 11 is 0. The molecule has 1 unspecified atom stereocenters. The zero-order valence-electron chi connectivity index (χ0n) is 8.92. The molecule has 1 amide bonds. The van der Waals surface area contributed by atoms with Crippen molar-refractivity contribution in [3.05, 3.63) is 0 Å². The normalized spacial score (nSPS) is 13.1. The zero-order chi connectivity index (χ0) is 11.2. The van der Waals surface area contributed by atoms with Gasteiger partial charge in [0.1, 0.15) is 0 Å². The van der Waals surface area contributed by atoms with E-state index < -0.39 is 11.6 Å². The van der Waals surface area contributed by atoms with Crippen LogP contribution in [0.15, 0.2) is 0 Å². The summed E-state index contributed by atoms with van der Waals surface area (Å²) in [5.41, 5.74) is -0.616. The van der Waals surface area contributed by atoms with Crippen LogP contribution >= 0.6 is 0 Å². The van der Waals surface area contributed by atoms with Crippen molar-refractivity contribution in [2.75, 3.05) is 13.1 Å². The smallest absolute Gasteiger partial charge is 0.234 e. The monoisotopic (exact) mass is 198 g/mol. The molecule has 0 bridgehead atoms. The minimum absolute atomic E-state index is 0.167. The summed E-state index contributed by atoms with van der Waals surface area (Å²) in [4.78, 5) is 11.3. The van der Waals surface area contributed by atoms with Gasteiger partial charge in [-0.15, -0.1) is 6.42 Å². The largest absolute Gasteiger partial charge is 0.391 e. The molecule has 0 aromatic rings. The van der Waals surface area contributed by atoms with Crippen LogP contribution in [0.5, 0.6) is 0 Å². The molecule has 4 nitrogen and oxygen atoms in total. The Morgan fingerprint density at radius 3 is 2.64 bits per heavy atom. The van der Waals surface area contributed by atoms with Gasteiger partial charge in [-0.05, 0) is 20.8 Å². The topological polar surface area (TPSA) is 61.4 Å². The highest BCUT2D eigenvalue weighted by atomic mass is 16.3. The van der Waals surface area contributed by atoms with Crippen LogP contribution in [0.4, 0.5) is 0 Å². The van der Waals surface area contributed by atoms with Crippen molar-refractivity contribution >= 4 is 5.91 Å². The van der Waals surface area contributed by atoms with Crippen LogP contribution in [0.3, 0.4) is 0 Å². The number of terminal acetylenes is 1. The van der Waals surface area contributed by atoms with E-state index in [1.165, 1.54) is 0 Å². The summed E-state index contributed by atoms with van der Waals surface area (Å²) in [5, 5.41) is 14.8. The zero-order valence-corrected chi connectivity index (χ0v) is 8.92. The van der Waals surface area contributed by atoms with Crippen LogP contribution in [-0.2, 0) is 4.79 Å². The van der Waals surface area contributed by atoms with Crippen molar-refractivity contribution in [1.29, 1.82) is 0 Å². The number of rotatable bonds is 5. The highest BCUT2D eigenvalue weighted by Crippen LogP contribution is 2.07. The Morgan fingerprint density at radius 1 is 1.64 bits per heavy atom. The maximum absolute atomic E-state index is 11.3. The van der Waals surface area contributed by atoms with Gasteiger partial charge in [0.25, 0.3) is 0 Å². The molecule has 80 valence electrons. The minimum Gasteiger partial charge on any atom is -0.391 e. The molecular formula is C10H18N2O2. The first kappa shape index (κ1) is 12.9. The standard InChI is InChI=1S/C10H18N2O2/c1-5-6-11-7-9(14)12-10(3,4)8(2)13/h1,8,11,13H,6-7H2,2-4H3,(H,12,14). The highest BCUT2D eigenvalue weighted by molar-refractivity contribution is 5.78. The van der Waals surface area contributed by atoms with Gasteiger partial charge in [-0.25, -0.2) is 0 Å². The fourth-order valence-electron chi connectivity index (χ4n) is 0.756. The molecule has 0 aliphatic rings. The SMILES string of the molecule is C#CCNCC(=O)NC(C)(C)C(C)O. The number of carbonyl (C=O) groups is 1. The lowest BCUT2D eigenvalue weighted by molar-refractivity contribution is -0.123. The molecule has 0 aromatic heterocycles. The van der Waals surface area contributed by atoms with E-state index in [2.05, 4.69) is 16.6 Å². The number of aliphatic hydroxyl groups excluding tert-OH is 1. The number of amides is 1. The molecule has 1 atom stereocenters. The molecule has 0 radical (unpaired) electrons. The van der Waals surface area contributed by atoms with Gasteiger partial charge in [0.2, 0.25) is 5.91 Å². The van der Waals surface area contributed by atoms with Crippen LogP contribution in [0.25, 0.3) is 0 Å². The molecule has 14 heavy (non-hydrogen) atoms. The van der Waals surface area contributed by atoms with Crippen molar-refractivity contribution in [2.24, 2.45) is 0 Å². The van der Waals surface area contributed by atoms with Crippen LogP contribution in [0.2, 0.25) is 0 Å².